The van der Waals surface area contributed by atoms with Gasteiger partial charge in [0.15, 0.2) is 0 Å². The molecular formula is C16H31N3O. The SMILES string of the molecule is CCC(CCO)CNCc1c(C)nn(C(C)(C)C)c1C. The summed E-state index contributed by atoms with van der Waals surface area (Å²) in [7, 11) is 0. The third kappa shape index (κ3) is 4.32. The lowest BCUT2D eigenvalue weighted by Crippen LogP contribution is -2.25. The lowest BCUT2D eigenvalue weighted by Gasteiger charge is -2.21. The van der Waals surface area contributed by atoms with Gasteiger partial charge in [0, 0.05) is 24.4 Å². The topological polar surface area (TPSA) is 50.1 Å². The molecule has 0 spiro atoms. The van der Waals surface area contributed by atoms with Crippen LogP contribution in [0.2, 0.25) is 0 Å². The molecule has 0 saturated carbocycles. The smallest absolute Gasteiger partial charge is 0.0641 e. The number of aliphatic hydroxyl groups excluding tert-OH is 1. The van der Waals surface area contributed by atoms with Crippen LogP contribution in [0.5, 0.6) is 0 Å². The van der Waals surface area contributed by atoms with Crippen molar-refractivity contribution in [1.82, 2.24) is 15.1 Å². The molecule has 1 unspecified atom stereocenters. The third-order valence-corrected chi connectivity index (χ3v) is 3.93. The molecule has 0 radical (unpaired) electrons. The Kier molecular flexibility index (Phi) is 6.21. The molecule has 0 aliphatic heterocycles. The van der Waals surface area contributed by atoms with Gasteiger partial charge in [-0.15, -0.1) is 0 Å². The van der Waals surface area contributed by atoms with Crippen LogP contribution < -0.4 is 5.32 Å². The highest BCUT2D eigenvalue weighted by molar-refractivity contribution is 5.25. The van der Waals surface area contributed by atoms with Gasteiger partial charge in [0.25, 0.3) is 0 Å². The monoisotopic (exact) mass is 281 g/mol. The molecule has 4 nitrogen and oxygen atoms in total. The van der Waals surface area contributed by atoms with E-state index in [2.05, 4.69) is 56.6 Å². The Morgan fingerprint density at radius 2 is 1.95 bits per heavy atom. The van der Waals surface area contributed by atoms with Gasteiger partial charge >= 0.3 is 0 Å². The summed E-state index contributed by atoms with van der Waals surface area (Å²) in [6.45, 7) is 15.0. The minimum absolute atomic E-state index is 0.0237. The van der Waals surface area contributed by atoms with Crippen LogP contribution in [-0.2, 0) is 12.1 Å². The molecule has 0 aliphatic carbocycles. The average Bonchev–Trinajstić information content (AvgIpc) is 2.65. The van der Waals surface area contributed by atoms with E-state index >= 15 is 0 Å². The Bertz CT molecular complexity index is 418. The first-order chi connectivity index (χ1) is 9.31. The van der Waals surface area contributed by atoms with Gasteiger partial charge < -0.3 is 10.4 Å². The van der Waals surface area contributed by atoms with Gasteiger partial charge in [0.2, 0.25) is 0 Å². The lowest BCUT2D eigenvalue weighted by molar-refractivity contribution is 0.251. The standard InChI is InChI=1S/C16H31N3O/c1-7-14(8-9-20)10-17-11-15-12(2)18-19(13(15)3)16(4,5)6/h14,17,20H,7-11H2,1-6H3. The van der Waals surface area contributed by atoms with Crippen LogP contribution >= 0.6 is 0 Å². The zero-order valence-corrected chi connectivity index (χ0v) is 14.0. The van der Waals surface area contributed by atoms with E-state index in [-0.39, 0.29) is 12.1 Å². The summed E-state index contributed by atoms with van der Waals surface area (Å²) in [5.41, 5.74) is 3.69. The average molecular weight is 281 g/mol. The van der Waals surface area contributed by atoms with Crippen molar-refractivity contribution in [1.29, 1.82) is 0 Å². The Hall–Kier alpha value is -0.870. The van der Waals surface area contributed by atoms with Gasteiger partial charge in [-0.25, -0.2) is 0 Å². The molecule has 0 aliphatic rings. The number of aryl methyl sites for hydroxylation is 1. The van der Waals surface area contributed by atoms with E-state index in [1.807, 2.05) is 0 Å². The molecule has 0 fully saturated rings. The molecule has 1 aromatic rings. The maximum Gasteiger partial charge on any atom is 0.0641 e. The Morgan fingerprint density at radius 3 is 2.40 bits per heavy atom. The third-order valence-electron chi connectivity index (χ3n) is 3.93. The fraction of sp³-hybridized carbons (Fsp3) is 0.812. The summed E-state index contributed by atoms with van der Waals surface area (Å²) in [6.07, 6.45) is 1.98. The fourth-order valence-electron chi connectivity index (χ4n) is 2.62. The van der Waals surface area contributed by atoms with Crippen molar-refractivity contribution >= 4 is 0 Å². The van der Waals surface area contributed by atoms with Crippen molar-refractivity contribution in [2.24, 2.45) is 5.92 Å². The van der Waals surface area contributed by atoms with E-state index < -0.39 is 0 Å². The predicted molar refractivity (Wildman–Crippen MR) is 83.9 cm³/mol. The van der Waals surface area contributed by atoms with Crippen LogP contribution in [0.1, 0.15) is 57.5 Å². The Morgan fingerprint density at radius 1 is 1.30 bits per heavy atom. The van der Waals surface area contributed by atoms with E-state index in [1.54, 1.807) is 0 Å². The highest BCUT2D eigenvalue weighted by Gasteiger charge is 2.20. The van der Waals surface area contributed by atoms with Gasteiger partial charge in [-0.3, -0.25) is 4.68 Å². The Labute approximate surface area is 123 Å². The van der Waals surface area contributed by atoms with Crippen molar-refractivity contribution < 1.29 is 5.11 Å². The number of hydrogen-bond acceptors (Lipinski definition) is 3. The van der Waals surface area contributed by atoms with Crippen molar-refractivity contribution in [2.75, 3.05) is 13.2 Å². The molecule has 0 aromatic carbocycles. The van der Waals surface area contributed by atoms with Crippen LogP contribution in [0.4, 0.5) is 0 Å². The van der Waals surface area contributed by atoms with Crippen LogP contribution in [-0.4, -0.2) is 28.0 Å². The van der Waals surface area contributed by atoms with Gasteiger partial charge in [-0.1, -0.05) is 13.3 Å². The predicted octanol–water partition coefficient (Wildman–Crippen LogP) is 2.75. The van der Waals surface area contributed by atoms with Crippen LogP contribution in [0.3, 0.4) is 0 Å². The largest absolute Gasteiger partial charge is 0.396 e. The van der Waals surface area contributed by atoms with E-state index in [1.165, 1.54) is 11.3 Å². The first-order valence-corrected chi connectivity index (χ1v) is 7.68. The molecule has 1 rings (SSSR count). The minimum Gasteiger partial charge on any atom is -0.396 e. The highest BCUT2D eigenvalue weighted by Crippen LogP contribution is 2.21. The van der Waals surface area contributed by atoms with Crippen molar-refractivity contribution in [2.45, 2.75) is 66.5 Å². The van der Waals surface area contributed by atoms with Crippen LogP contribution in [0, 0.1) is 19.8 Å². The van der Waals surface area contributed by atoms with Crippen LogP contribution in [0.25, 0.3) is 0 Å². The first-order valence-electron chi connectivity index (χ1n) is 7.68. The Balaban J connectivity index is 2.67. The van der Waals surface area contributed by atoms with Gasteiger partial charge in [-0.05, 0) is 53.5 Å². The number of aliphatic hydroxyl groups is 1. The van der Waals surface area contributed by atoms with Gasteiger partial charge in [0.05, 0.1) is 11.2 Å². The maximum absolute atomic E-state index is 9.02. The molecule has 1 atom stereocenters. The molecule has 0 saturated heterocycles. The van der Waals surface area contributed by atoms with E-state index in [4.69, 9.17) is 5.11 Å². The zero-order chi connectivity index (χ0) is 15.3. The molecule has 1 heterocycles. The number of nitrogens with one attached hydrogen (secondary N) is 1. The number of nitrogens with zero attached hydrogens (tertiary/aromatic N) is 2. The van der Waals surface area contributed by atoms with Gasteiger partial charge in [0.1, 0.15) is 0 Å². The summed E-state index contributed by atoms with van der Waals surface area (Å²) in [4.78, 5) is 0. The second-order valence-electron chi connectivity index (χ2n) is 6.65. The van der Waals surface area contributed by atoms with Gasteiger partial charge in [-0.2, -0.15) is 5.10 Å². The summed E-state index contributed by atoms with van der Waals surface area (Å²) in [6, 6.07) is 0. The summed E-state index contributed by atoms with van der Waals surface area (Å²) >= 11 is 0. The molecule has 4 heteroatoms. The molecular weight excluding hydrogens is 250 g/mol. The second kappa shape index (κ2) is 7.23. The minimum atomic E-state index is 0.0237. The molecule has 2 N–H and O–H groups in total. The quantitative estimate of drug-likeness (QED) is 0.808. The van der Waals surface area contributed by atoms with Crippen molar-refractivity contribution in [3.05, 3.63) is 17.0 Å². The zero-order valence-electron chi connectivity index (χ0n) is 14.0. The normalized spacial score (nSPS) is 13.8. The summed E-state index contributed by atoms with van der Waals surface area (Å²) < 4.78 is 2.12. The molecule has 116 valence electrons. The van der Waals surface area contributed by atoms with E-state index in [9.17, 15) is 0 Å². The highest BCUT2D eigenvalue weighted by atomic mass is 16.3. The lowest BCUT2D eigenvalue weighted by atomic mass is 10.0. The molecule has 20 heavy (non-hydrogen) atoms. The van der Waals surface area contributed by atoms with Crippen molar-refractivity contribution in [3.63, 3.8) is 0 Å². The van der Waals surface area contributed by atoms with E-state index in [0.29, 0.717) is 5.92 Å². The first kappa shape index (κ1) is 17.2. The maximum atomic E-state index is 9.02. The number of hydrogen-bond donors (Lipinski definition) is 2. The fourth-order valence-corrected chi connectivity index (χ4v) is 2.62. The molecule has 1 aromatic heterocycles. The summed E-state index contributed by atoms with van der Waals surface area (Å²) in [5.74, 6) is 0.554. The molecule has 0 bridgehead atoms. The second-order valence-corrected chi connectivity index (χ2v) is 6.65. The number of rotatable bonds is 7. The van der Waals surface area contributed by atoms with Crippen LogP contribution in [0.15, 0.2) is 0 Å². The number of aromatic nitrogens is 2. The van der Waals surface area contributed by atoms with E-state index in [0.717, 1.165) is 31.6 Å². The summed E-state index contributed by atoms with van der Waals surface area (Å²) in [5, 5.41) is 17.2. The molecule has 0 amide bonds. The van der Waals surface area contributed by atoms with Crippen molar-refractivity contribution in [3.8, 4) is 0 Å².